The lowest BCUT2D eigenvalue weighted by Gasteiger charge is -2.41. The highest BCUT2D eigenvalue weighted by atomic mass is 32.2. The summed E-state index contributed by atoms with van der Waals surface area (Å²) in [5, 5.41) is 10.5. The SMILES string of the molecule is C=C(NC=O)C1CCN(C(=N)N)C(n2c(C)ccc(NS(=O)(=O)c3ccc(C)cc3)c2=O)C1. The van der Waals surface area contributed by atoms with E-state index in [0.29, 0.717) is 37.2 Å². The number of anilines is 1. The van der Waals surface area contributed by atoms with Gasteiger partial charge in [0, 0.05) is 23.9 Å². The molecule has 176 valence electrons. The highest BCUT2D eigenvalue weighted by Gasteiger charge is 2.33. The van der Waals surface area contributed by atoms with E-state index in [9.17, 15) is 18.0 Å². The van der Waals surface area contributed by atoms with E-state index in [0.717, 1.165) is 5.56 Å². The molecule has 2 aromatic rings. The summed E-state index contributed by atoms with van der Waals surface area (Å²) in [6.07, 6.45) is 0.840. The van der Waals surface area contributed by atoms with Crippen LogP contribution in [0.1, 0.15) is 30.3 Å². The molecule has 0 aliphatic carbocycles. The molecule has 1 aliphatic rings. The number of guanidine groups is 1. The summed E-state index contributed by atoms with van der Waals surface area (Å²) < 4.78 is 29.5. The number of pyridine rings is 1. The largest absolute Gasteiger partial charge is 0.370 e. The Bertz CT molecular complexity index is 1240. The van der Waals surface area contributed by atoms with Gasteiger partial charge in [-0.05, 0) is 51.0 Å². The summed E-state index contributed by atoms with van der Waals surface area (Å²) >= 11 is 0. The minimum Gasteiger partial charge on any atom is -0.370 e. The van der Waals surface area contributed by atoms with E-state index in [1.807, 2.05) is 6.92 Å². The zero-order valence-electron chi connectivity index (χ0n) is 18.5. The van der Waals surface area contributed by atoms with E-state index < -0.39 is 21.7 Å². The van der Waals surface area contributed by atoms with E-state index in [-0.39, 0.29) is 22.5 Å². The first-order valence-electron chi connectivity index (χ1n) is 10.4. The van der Waals surface area contributed by atoms with E-state index in [1.54, 1.807) is 30.0 Å². The molecule has 1 aromatic heterocycles. The monoisotopic (exact) mass is 472 g/mol. The summed E-state index contributed by atoms with van der Waals surface area (Å²) in [4.78, 5) is 25.9. The summed E-state index contributed by atoms with van der Waals surface area (Å²) in [6, 6.07) is 9.35. The highest BCUT2D eigenvalue weighted by Crippen LogP contribution is 2.33. The molecule has 1 amide bonds. The van der Waals surface area contributed by atoms with Gasteiger partial charge < -0.3 is 16.0 Å². The second-order valence-corrected chi connectivity index (χ2v) is 9.73. The highest BCUT2D eigenvalue weighted by molar-refractivity contribution is 7.92. The number of carbonyl (C=O) groups is 1. The maximum atomic E-state index is 13.4. The van der Waals surface area contributed by atoms with Gasteiger partial charge in [-0.15, -0.1) is 0 Å². The van der Waals surface area contributed by atoms with Gasteiger partial charge in [0.25, 0.3) is 15.6 Å². The standard InChI is InChI=1S/C22H28N6O4S/c1-14-4-7-18(8-5-14)33(31,32)26-19-9-6-15(2)28(21(19)30)20-12-17(16(3)25-13-29)10-11-27(20)22(23)24/h4-9,13,17,20,26H,3,10-12H2,1-2H3,(H3,23,24)(H,25,29). The number of sulfonamides is 1. The molecule has 1 saturated heterocycles. The third-order valence-corrected chi connectivity index (χ3v) is 7.20. The van der Waals surface area contributed by atoms with Gasteiger partial charge in [-0.1, -0.05) is 24.3 Å². The Morgan fingerprint density at radius 3 is 2.48 bits per heavy atom. The molecule has 2 atom stereocenters. The van der Waals surface area contributed by atoms with Gasteiger partial charge in [0.2, 0.25) is 6.41 Å². The number of amides is 1. The number of nitrogens with two attached hydrogens (primary N) is 1. The first kappa shape index (κ1) is 24.1. The number of likely N-dealkylation sites (tertiary alicyclic amines) is 1. The maximum absolute atomic E-state index is 13.4. The fourth-order valence-corrected chi connectivity index (χ4v) is 5.05. The number of hydrogen-bond acceptors (Lipinski definition) is 5. The fourth-order valence-electron chi connectivity index (χ4n) is 3.99. The predicted molar refractivity (Wildman–Crippen MR) is 126 cm³/mol. The zero-order chi connectivity index (χ0) is 24.3. The first-order valence-corrected chi connectivity index (χ1v) is 11.8. The van der Waals surface area contributed by atoms with Crippen LogP contribution in [0.4, 0.5) is 5.69 Å². The third kappa shape index (κ3) is 5.08. The van der Waals surface area contributed by atoms with Gasteiger partial charge >= 0.3 is 0 Å². The molecule has 1 fully saturated rings. The van der Waals surface area contributed by atoms with Crippen molar-refractivity contribution in [2.24, 2.45) is 11.7 Å². The van der Waals surface area contributed by atoms with Crippen LogP contribution in [0.5, 0.6) is 0 Å². The van der Waals surface area contributed by atoms with Crippen LogP contribution < -0.4 is 21.3 Å². The van der Waals surface area contributed by atoms with Crippen LogP contribution in [0, 0.1) is 25.2 Å². The van der Waals surface area contributed by atoms with Crippen molar-refractivity contribution in [2.75, 3.05) is 11.3 Å². The number of piperidine rings is 1. The number of aromatic nitrogens is 1. The van der Waals surface area contributed by atoms with Crippen LogP contribution in [-0.2, 0) is 14.8 Å². The Morgan fingerprint density at radius 1 is 1.21 bits per heavy atom. The summed E-state index contributed by atoms with van der Waals surface area (Å²) in [7, 11) is -3.98. The second-order valence-electron chi connectivity index (χ2n) is 8.05. The molecular formula is C22H28N6O4S. The maximum Gasteiger partial charge on any atom is 0.276 e. The topological polar surface area (TPSA) is 150 Å². The number of carbonyl (C=O) groups excluding carboxylic acids is 1. The Balaban J connectivity index is 2.01. The Hall–Kier alpha value is -3.60. The second kappa shape index (κ2) is 9.49. The van der Waals surface area contributed by atoms with Crippen molar-refractivity contribution in [1.82, 2.24) is 14.8 Å². The molecule has 0 bridgehead atoms. The first-order chi connectivity index (χ1) is 15.5. The number of benzene rings is 1. The van der Waals surface area contributed by atoms with Gasteiger partial charge in [-0.3, -0.25) is 24.3 Å². The summed E-state index contributed by atoms with van der Waals surface area (Å²) in [5.74, 6) is -0.348. The molecule has 10 nitrogen and oxygen atoms in total. The van der Waals surface area contributed by atoms with E-state index in [4.69, 9.17) is 11.1 Å². The Morgan fingerprint density at radius 2 is 1.88 bits per heavy atom. The quantitative estimate of drug-likeness (QED) is 0.273. The number of aryl methyl sites for hydroxylation is 2. The molecule has 3 rings (SSSR count). The fraction of sp³-hybridized carbons (Fsp3) is 0.318. The number of rotatable bonds is 7. The lowest BCUT2D eigenvalue weighted by molar-refractivity contribution is -0.109. The lowest BCUT2D eigenvalue weighted by Crippen LogP contribution is -2.50. The van der Waals surface area contributed by atoms with Crippen LogP contribution in [0.3, 0.4) is 0 Å². The van der Waals surface area contributed by atoms with Crippen molar-refractivity contribution in [3.05, 3.63) is 70.3 Å². The van der Waals surface area contributed by atoms with E-state index in [2.05, 4.69) is 16.6 Å². The van der Waals surface area contributed by atoms with E-state index >= 15 is 0 Å². The summed E-state index contributed by atoms with van der Waals surface area (Å²) in [5.41, 5.74) is 7.12. The van der Waals surface area contributed by atoms with Crippen molar-refractivity contribution < 1.29 is 13.2 Å². The average Bonchev–Trinajstić information content (AvgIpc) is 2.76. The average molecular weight is 473 g/mol. The minimum absolute atomic E-state index is 0.0407. The van der Waals surface area contributed by atoms with Gasteiger partial charge in [0.05, 0.1) is 4.90 Å². The molecule has 2 unspecified atom stereocenters. The third-order valence-electron chi connectivity index (χ3n) is 5.81. The molecular weight excluding hydrogens is 444 g/mol. The number of allylic oxidation sites excluding steroid dienone is 1. The van der Waals surface area contributed by atoms with Crippen LogP contribution in [0.15, 0.2) is 58.4 Å². The molecule has 0 spiro atoms. The van der Waals surface area contributed by atoms with Crippen molar-refractivity contribution in [1.29, 1.82) is 5.41 Å². The molecule has 33 heavy (non-hydrogen) atoms. The molecule has 5 N–H and O–H groups in total. The molecule has 1 aliphatic heterocycles. The van der Waals surface area contributed by atoms with Crippen LogP contribution in [-0.4, -0.2) is 36.8 Å². The molecule has 1 aromatic carbocycles. The van der Waals surface area contributed by atoms with Crippen molar-refractivity contribution in [3.8, 4) is 0 Å². The van der Waals surface area contributed by atoms with Crippen LogP contribution in [0.25, 0.3) is 0 Å². The lowest BCUT2D eigenvalue weighted by atomic mass is 9.91. The summed E-state index contributed by atoms with van der Waals surface area (Å²) in [6.45, 7) is 7.83. The normalized spacial score (nSPS) is 18.4. The minimum atomic E-state index is -3.98. The van der Waals surface area contributed by atoms with Gasteiger partial charge in [-0.2, -0.15) is 0 Å². The number of nitrogens with zero attached hydrogens (tertiary/aromatic N) is 2. The van der Waals surface area contributed by atoms with E-state index in [1.165, 1.54) is 22.8 Å². The smallest absolute Gasteiger partial charge is 0.276 e. The molecule has 0 radical (unpaired) electrons. The van der Waals surface area contributed by atoms with Gasteiger partial charge in [0.15, 0.2) is 5.96 Å². The van der Waals surface area contributed by atoms with Crippen LogP contribution >= 0.6 is 0 Å². The Kier molecular flexibility index (Phi) is 6.92. The Labute approximate surface area is 192 Å². The molecule has 2 heterocycles. The molecule has 11 heteroatoms. The van der Waals surface area contributed by atoms with Crippen molar-refractivity contribution in [2.45, 2.75) is 37.8 Å². The van der Waals surface area contributed by atoms with Crippen LogP contribution in [0.2, 0.25) is 0 Å². The number of hydrogen-bond donors (Lipinski definition) is 4. The zero-order valence-corrected chi connectivity index (χ0v) is 19.4. The van der Waals surface area contributed by atoms with Crippen molar-refractivity contribution >= 4 is 28.1 Å². The molecule has 0 saturated carbocycles. The van der Waals surface area contributed by atoms with Gasteiger partial charge in [0.1, 0.15) is 11.9 Å². The van der Waals surface area contributed by atoms with Crippen molar-refractivity contribution in [3.63, 3.8) is 0 Å². The van der Waals surface area contributed by atoms with Gasteiger partial charge in [-0.25, -0.2) is 8.42 Å². The number of nitrogens with one attached hydrogen (secondary N) is 3. The predicted octanol–water partition coefficient (Wildman–Crippen LogP) is 1.63.